The molecule has 0 aliphatic rings. The lowest BCUT2D eigenvalue weighted by Crippen LogP contribution is -2.18. The lowest BCUT2D eigenvalue weighted by atomic mass is 10.3. The molecule has 2 aromatic carbocycles. The molecule has 9 heteroatoms. The topological polar surface area (TPSA) is 99.4 Å². The third-order valence-electron chi connectivity index (χ3n) is 3.61. The van der Waals surface area contributed by atoms with Gasteiger partial charge < -0.3 is 14.0 Å². The molecule has 0 aliphatic carbocycles. The number of aromatic nitrogens is 3. The molecule has 2 heterocycles. The molecule has 0 aliphatic heterocycles. The Balaban J connectivity index is 1.35. The van der Waals surface area contributed by atoms with Gasteiger partial charge in [0, 0.05) is 6.07 Å². The second-order valence-corrected chi connectivity index (χ2v) is 6.87. The van der Waals surface area contributed by atoms with Gasteiger partial charge in [0.05, 0.1) is 10.2 Å². The molecule has 4 rings (SSSR count). The molecule has 0 radical (unpaired) electrons. The van der Waals surface area contributed by atoms with Gasteiger partial charge in [-0.05, 0) is 31.2 Å². The van der Waals surface area contributed by atoms with Crippen LogP contribution in [0.4, 0.5) is 5.13 Å². The Morgan fingerprint density at radius 2 is 2.00 bits per heavy atom. The van der Waals surface area contributed by atoms with Gasteiger partial charge in [-0.2, -0.15) is 4.98 Å². The Hall–Kier alpha value is -3.30. The largest absolute Gasteiger partial charge is 0.457 e. The van der Waals surface area contributed by atoms with Gasteiger partial charge in [-0.15, -0.1) is 0 Å². The van der Waals surface area contributed by atoms with Crippen molar-refractivity contribution in [1.29, 1.82) is 0 Å². The zero-order valence-corrected chi connectivity index (χ0v) is 15.7. The summed E-state index contributed by atoms with van der Waals surface area (Å²) in [6, 6.07) is 15.1. The van der Waals surface area contributed by atoms with Crippen LogP contribution < -0.4 is 10.1 Å². The number of carbonyl (C=O) groups excluding carboxylic acids is 1. The second-order valence-electron chi connectivity index (χ2n) is 5.84. The van der Waals surface area contributed by atoms with Crippen molar-refractivity contribution in [1.82, 2.24) is 15.1 Å². The molecule has 0 unspecified atom stereocenters. The fourth-order valence-electron chi connectivity index (χ4n) is 2.43. The van der Waals surface area contributed by atoms with Gasteiger partial charge in [-0.25, -0.2) is 4.98 Å². The molecule has 0 bridgehead atoms. The van der Waals surface area contributed by atoms with E-state index in [2.05, 4.69) is 20.4 Å². The number of thiazole rings is 1. The lowest BCUT2D eigenvalue weighted by Gasteiger charge is -2.04. The van der Waals surface area contributed by atoms with Gasteiger partial charge in [-0.1, -0.05) is 34.7 Å². The first kappa shape index (κ1) is 18.1. The van der Waals surface area contributed by atoms with Crippen molar-refractivity contribution in [3.8, 4) is 11.5 Å². The molecule has 1 N–H and O–H groups in total. The van der Waals surface area contributed by atoms with Crippen molar-refractivity contribution in [2.75, 3.05) is 11.9 Å². The average molecular weight is 396 g/mol. The zero-order chi connectivity index (χ0) is 19.3. The van der Waals surface area contributed by atoms with Crippen LogP contribution in [-0.2, 0) is 16.1 Å². The predicted octanol–water partition coefficient (Wildman–Crippen LogP) is 3.94. The summed E-state index contributed by atoms with van der Waals surface area (Å²) < 4.78 is 16.9. The highest BCUT2D eigenvalue weighted by Gasteiger charge is 2.10. The maximum absolute atomic E-state index is 12.0. The van der Waals surface area contributed by atoms with E-state index in [1.807, 2.05) is 48.5 Å². The number of hydrogen-bond acceptors (Lipinski definition) is 8. The van der Waals surface area contributed by atoms with Gasteiger partial charge in [0.25, 0.3) is 11.8 Å². The quantitative estimate of drug-likeness (QED) is 0.505. The van der Waals surface area contributed by atoms with E-state index in [9.17, 15) is 4.79 Å². The Bertz CT molecular complexity index is 1090. The predicted molar refractivity (Wildman–Crippen MR) is 103 cm³/mol. The van der Waals surface area contributed by atoms with Gasteiger partial charge in [0.1, 0.15) is 24.7 Å². The number of carbonyl (C=O) groups is 1. The molecule has 0 saturated carbocycles. The molecular weight excluding hydrogens is 380 g/mol. The Morgan fingerprint density at radius 1 is 1.14 bits per heavy atom. The maximum atomic E-state index is 12.0. The number of nitrogens with zero attached hydrogens (tertiary/aromatic N) is 3. The highest BCUT2D eigenvalue weighted by atomic mass is 32.1. The van der Waals surface area contributed by atoms with Crippen molar-refractivity contribution in [3.05, 3.63) is 60.2 Å². The molecule has 28 heavy (non-hydrogen) atoms. The minimum atomic E-state index is -0.309. The number of fused-ring (bicyclic) bond motifs is 1. The first-order valence-electron chi connectivity index (χ1n) is 8.46. The summed E-state index contributed by atoms with van der Waals surface area (Å²) in [5.41, 5.74) is 0.781. The number of aryl methyl sites for hydroxylation is 1. The third-order valence-corrected chi connectivity index (χ3v) is 4.55. The molecule has 0 spiro atoms. The Morgan fingerprint density at radius 3 is 2.79 bits per heavy atom. The van der Waals surface area contributed by atoms with Crippen molar-refractivity contribution >= 4 is 32.6 Å². The smallest absolute Gasteiger partial charge is 0.252 e. The number of para-hydroxylation sites is 1. The number of benzene rings is 2. The minimum absolute atomic E-state index is 0.0777. The van der Waals surface area contributed by atoms with Crippen molar-refractivity contribution in [3.63, 3.8) is 0 Å². The number of rotatable bonds is 7. The van der Waals surface area contributed by atoms with E-state index in [0.29, 0.717) is 22.6 Å². The van der Waals surface area contributed by atoms with Crippen LogP contribution in [0.2, 0.25) is 0 Å². The van der Waals surface area contributed by atoms with Crippen LogP contribution in [0, 0.1) is 6.92 Å². The molecule has 142 valence electrons. The SMILES string of the molecule is Cc1noc(COCC(=O)Nc2nc3ccc(Oc4ccccc4)cc3s2)n1. The number of nitrogens with one attached hydrogen (secondary N) is 1. The van der Waals surface area contributed by atoms with Crippen LogP contribution in [-0.4, -0.2) is 27.6 Å². The fourth-order valence-corrected chi connectivity index (χ4v) is 3.34. The number of amides is 1. The van der Waals surface area contributed by atoms with Gasteiger partial charge in [0.15, 0.2) is 11.0 Å². The highest BCUT2D eigenvalue weighted by molar-refractivity contribution is 7.22. The lowest BCUT2D eigenvalue weighted by molar-refractivity contribution is -0.121. The number of hydrogen-bond donors (Lipinski definition) is 1. The fraction of sp³-hybridized carbons (Fsp3) is 0.158. The molecule has 2 aromatic heterocycles. The van der Waals surface area contributed by atoms with Gasteiger partial charge in [-0.3, -0.25) is 10.1 Å². The monoisotopic (exact) mass is 396 g/mol. The summed E-state index contributed by atoms with van der Waals surface area (Å²) in [6.45, 7) is 1.65. The van der Waals surface area contributed by atoms with Crippen LogP contribution in [0.3, 0.4) is 0 Å². The molecule has 0 fully saturated rings. The van der Waals surface area contributed by atoms with Crippen LogP contribution in [0.25, 0.3) is 10.2 Å². The summed E-state index contributed by atoms with van der Waals surface area (Å²) in [4.78, 5) is 20.4. The zero-order valence-electron chi connectivity index (χ0n) is 14.9. The molecule has 0 saturated heterocycles. The van der Waals surface area contributed by atoms with Crippen molar-refractivity contribution in [2.24, 2.45) is 0 Å². The highest BCUT2D eigenvalue weighted by Crippen LogP contribution is 2.31. The Kier molecular flexibility index (Phi) is 5.27. The molecule has 4 aromatic rings. The standard InChI is InChI=1S/C19H16N4O4S/c1-12-20-18(27-23-12)11-25-10-17(24)22-19-21-15-8-7-14(9-16(15)28-19)26-13-5-3-2-4-6-13/h2-9H,10-11H2,1H3,(H,21,22,24). The Labute approximate surface area is 164 Å². The van der Waals surface area contributed by atoms with E-state index in [0.717, 1.165) is 16.0 Å². The summed E-state index contributed by atoms with van der Waals surface area (Å²) >= 11 is 1.36. The van der Waals surface area contributed by atoms with E-state index in [1.54, 1.807) is 6.92 Å². The third kappa shape index (κ3) is 4.51. The molecule has 0 atom stereocenters. The second kappa shape index (κ2) is 8.15. The van der Waals surface area contributed by atoms with E-state index >= 15 is 0 Å². The molecule has 1 amide bonds. The van der Waals surface area contributed by atoms with Crippen LogP contribution >= 0.6 is 11.3 Å². The van der Waals surface area contributed by atoms with E-state index < -0.39 is 0 Å². The van der Waals surface area contributed by atoms with Crippen LogP contribution in [0.5, 0.6) is 11.5 Å². The van der Waals surface area contributed by atoms with Crippen LogP contribution in [0.1, 0.15) is 11.7 Å². The first-order chi connectivity index (χ1) is 13.7. The van der Waals surface area contributed by atoms with Crippen molar-refractivity contribution in [2.45, 2.75) is 13.5 Å². The van der Waals surface area contributed by atoms with Crippen molar-refractivity contribution < 1.29 is 18.8 Å². The van der Waals surface area contributed by atoms with E-state index in [-0.39, 0.29) is 19.1 Å². The molecular formula is C19H16N4O4S. The number of ether oxygens (including phenoxy) is 2. The first-order valence-corrected chi connectivity index (χ1v) is 9.28. The summed E-state index contributed by atoms with van der Waals surface area (Å²) in [7, 11) is 0. The maximum Gasteiger partial charge on any atom is 0.252 e. The van der Waals surface area contributed by atoms with Gasteiger partial charge >= 0.3 is 0 Å². The number of anilines is 1. The van der Waals surface area contributed by atoms with Crippen LogP contribution in [0.15, 0.2) is 53.1 Å². The van der Waals surface area contributed by atoms with E-state index in [1.165, 1.54) is 11.3 Å². The minimum Gasteiger partial charge on any atom is -0.457 e. The summed E-state index contributed by atoms with van der Waals surface area (Å²) in [5.74, 6) is 2.01. The van der Waals surface area contributed by atoms with E-state index in [4.69, 9.17) is 14.0 Å². The summed E-state index contributed by atoms with van der Waals surface area (Å²) in [6.07, 6.45) is 0. The van der Waals surface area contributed by atoms with Gasteiger partial charge in [0.2, 0.25) is 0 Å². The summed E-state index contributed by atoms with van der Waals surface area (Å²) in [5, 5.41) is 6.88. The normalized spacial score (nSPS) is 10.9. The average Bonchev–Trinajstić information content (AvgIpc) is 3.27. The molecule has 8 nitrogen and oxygen atoms in total.